The fourth-order valence-corrected chi connectivity index (χ4v) is 1.99. The van der Waals surface area contributed by atoms with E-state index in [1.165, 1.54) is 0 Å². The number of phenolic OH excluding ortho intramolecular Hbond substituents is 1. The third kappa shape index (κ3) is 2.87. The summed E-state index contributed by atoms with van der Waals surface area (Å²) in [6.45, 7) is 12.2. The van der Waals surface area contributed by atoms with Crippen molar-refractivity contribution >= 4 is 6.29 Å². The molecular weight excluding hydrogens is 212 g/mol. The van der Waals surface area contributed by atoms with Gasteiger partial charge in [-0.25, -0.2) is 0 Å². The number of aromatic hydroxyl groups is 1. The molecule has 0 spiro atoms. The van der Waals surface area contributed by atoms with Crippen LogP contribution in [0.1, 0.15) is 63.0 Å². The Bertz CT molecular complexity index is 431. The average molecular weight is 234 g/mol. The molecule has 0 saturated heterocycles. The summed E-state index contributed by atoms with van der Waals surface area (Å²) in [6, 6.07) is 3.65. The van der Waals surface area contributed by atoms with Crippen LogP contribution < -0.4 is 0 Å². The molecule has 17 heavy (non-hydrogen) atoms. The van der Waals surface area contributed by atoms with Gasteiger partial charge in [-0.2, -0.15) is 0 Å². The highest BCUT2D eigenvalue weighted by Gasteiger charge is 2.25. The normalized spacial score (nSPS) is 12.6. The van der Waals surface area contributed by atoms with Gasteiger partial charge in [0.25, 0.3) is 0 Å². The summed E-state index contributed by atoms with van der Waals surface area (Å²) in [5.41, 5.74) is 1.97. The van der Waals surface area contributed by atoms with Crippen LogP contribution in [-0.4, -0.2) is 11.4 Å². The maximum Gasteiger partial charge on any atom is 0.150 e. The highest BCUT2D eigenvalue weighted by atomic mass is 16.3. The first-order valence-corrected chi connectivity index (χ1v) is 5.90. The van der Waals surface area contributed by atoms with E-state index in [0.29, 0.717) is 5.56 Å². The Labute approximate surface area is 104 Å². The molecule has 2 heteroatoms. The van der Waals surface area contributed by atoms with E-state index in [9.17, 15) is 9.90 Å². The van der Waals surface area contributed by atoms with Gasteiger partial charge in [0.15, 0.2) is 0 Å². The first-order chi connectivity index (χ1) is 7.57. The van der Waals surface area contributed by atoms with Crippen LogP contribution in [0.25, 0.3) is 0 Å². The molecule has 0 bridgehead atoms. The minimum Gasteiger partial charge on any atom is -0.508 e. The Morgan fingerprint density at radius 3 is 1.88 bits per heavy atom. The van der Waals surface area contributed by atoms with E-state index in [-0.39, 0.29) is 16.6 Å². The molecule has 94 valence electrons. The first-order valence-electron chi connectivity index (χ1n) is 5.90. The highest BCUT2D eigenvalue weighted by Crippen LogP contribution is 2.36. The van der Waals surface area contributed by atoms with Crippen molar-refractivity contribution in [1.82, 2.24) is 0 Å². The molecule has 0 atom stereocenters. The molecule has 1 aromatic carbocycles. The molecule has 0 heterocycles. The number of phenols is 1. The van der Waals surface area contributed by atoms with Crippen LogP contribution >= 0.6 is 0 Å². The number of carbonyl (C=O) groups is 1. The second kappa shape index (κ2) is 4.17. The summed E-state index contributed by atoms with van der Waals surface area (Å²) < 4.78 is 0. The highest BCUT2D eigenvalue weighted by molar-refractivity contribution is 5.80. The van der Waals surface area contributed by atoms with Crippen LogP contribution in [0.3, 0.4) is 0 Å². The number of hydrogen-bond donors (Lipinski definition) is 1. The summed E-state index contributed by atoms with van der Waals surface area (Å²) in [5, 5.41) is 10.1. The summed E-state index contributed by atoms with van der Waals surface area (Å²) >= 11 is 0. The predicted octanol–water partition coefficient (Wildman–Crippen LogP) is 3.80. The molecule has 0 aliphatic heterocycles. The minimum atomic E-state index is -0.239. The van der Waals surface area contributed by atoms with E-state index in [0.717, 1.165) is 17.4 Å². The fourth-order valence-electron chi connectivity index (χ4n) is 1.99. The van der Waals surface area contributed by atoms with E-state index < -0.39 is 0 Å². The lowest BCUT2D eigenvalue weighted by Crippen LogP contribution is -2.17. The van der Waals surface area contributed by atoms with E-state index >= 15 is 0 Å². The molecule has 1 rings (SSSR count). The number of carbonyl (C=O) groups excluding carboxylic acids is 1. The maximum absolute atomic E-state index is 11.2. The molecule has 0 fully saturated rings. The second-order valence-electron chi connectivity index (χ2n) is 6.58. The van der Waals surface area contributed by atoms with Crippen LogP contribution in [0, 0.1) is 0 Å². The molecule has 1 aromatic rings. The van der Waals surface area contributed by atoms with Gasteiger partial charge in [-0.05, 0) is 28.5 Å². The van der Waals surface area contributed by atoms with Crippen LogP contribution in [0.4, 0.5) is 0 Å². The average Bonchev–Trinajstić information content (AvgIpc) is 2.12. The van der Waals surface area contributed by atoms with Gasteiger partial charge in [0.1, 0.15) is 12.0 Å². The van der Waals surface area contributed by atoms with Gasteiger partial charge >= 0.3 is 0 Å². The standard InChI is InChI=1S/C15H22O2/c1-14(2,3)11-7-10(9-16)13(12(17)8-11)15(4,5)6/h7-9,17H,1-6H3. The maximum atomic E-state index is 11.2. The number of aldehydes is 1. The molecule has 0 saturated carbocycles. The Balaban J connectivity index is 3.53. The summed E-state index contributed by atoms with van der Waals surface area (Å²) in [7, 11) is 0. The lowest BCUT2D eigenvalue weighted by molar-refractivity contribution is 0.112. The van der Waals surface area contributed by atoms with Gasteiger partial charge < -0.3 is 5.11 Å². The van der Waals surface area contributed by atoms with Gasteiger partial charge in [0.05, 0.1) is 0 Å². The van der Waals surface area contributed by atoms with Crippen molar-refractivity contribution in [3.05, 3.63) is 28.8 Å². The SMILES string of the molecule is CC(C)(C)c1cc(O)c(C(C)(C)C)c(C=O)c1. The van der Waals surface area contributed by atoms with Crippen LogP contribution in [0.5, 0.6) is 5.75 Å². The lowest BCUT2D eigenvalue weighted by Gasteiger charge is -2.26. The van der Waals surface area contributed by atoms with Crippen LogP contribution in [0.2, 0.25) is 0 Å². The molecule has 0 aliphatic carbocycles. The topological polar surface area (TPSA) is 37.3 Å². The van der Waals surface area contributed by atoms with Gasteiger partial charge in [-0.3, -0.25) is 4.79 Å². The Kier molecular flexibility index (Phi) is 3.37. The predicted molar refractivity (Wildman–Crippen MR) is 70.9 cm³/mol. The van der Waals surface area contributed by atoms with Gasteiger partial charge in [-0.1, -0.05) is 41.5 Å². The molecule has 1 N–H and O–H groups in total. The summed E-state index contributed by atoms with van der Waals surface area (Å²) in [5.74, 6) is 0.215. The zero-order valence-electron chi connectivity index (χ0n) is 11.6. The van der Waals surface area contributed by atoms with Crippen LogP contribution in [0.15, 0.2) is 12.1 Å². The quantitative estimate of drug-likeness (QED) is 0.750. The zero-order valence-corrected chi connectivity index (χ0v) is 11.6. The Hall–Kier alpha value is -1.31. The smallest absolute Gasteiger partial charge is 0.150 e. The van der Waals surface area contributed by atoms with Crippen molar-refractivity contribution < 1.29 is 9.90 Å². The number of hydrogen-bond acceptors (Lipinski definition) is 2. The van der Waals surface area contributed by atoms with Crippen LogP contribution in [-0.2, 0) is 10.8 Å². The Morgan fingerprint density at radius 1 is 1.00 bits per heavy atom. The fraction of sp³-hybridized carbons (Fsp3) is 0.533. The number of benzene rings is 1. The van der Waals surface area contributed by atoms with Crippen molar-refractivity contribution in [3.63, 3.8) is 0 Å². The Morgan fingerprint density at radius 2 is 1.53 bits per heavy atom. The van der Waals surface area contributed by atoms with E-state index in [2.05, 4.69) is 20.8 Å². The lowest BCUT2D eigenvalue weighted by atomic mass is 9.79. The molecule has 0 radical (unpaired) electrons. The summed E-state index contributed by atoms with van der Waals surface area (Å²) in [6.07, 6.45) is 0.829. The van der Waals surface area contributed by atoms with Gasteiger partial charge in [-0.15, -0.1) is 0 Å². The molecule has 2 nitrogen and oxygen atoms in total. The second-order valence-corrected chi connectivity index (χ2v) is 6.58. The van der Waals surface area contributed by atoms with Crippen molar-refractivity contribution in [2.45, 2.75) is 52.4 Å². The monoisotopic (exact) mass is 234 g/mol. The van der Waals surface area contributed by atoms with Crippen molar-refractivity contribution in [3.8, 4) is 5.75 Å². The van der Waals surface area contributed by atoms with Gasteiger partial charge in [0.2, 0.25) is 0 Å². The third-order valence-electron chi connectivity index (χ3n) is 2.89. The molecule has 0 amide bonds. The van der Waals surface area contributed by atoms with Crippen molar-refractivity contribution in [2.24, 2.45) is 0 Å². The minimum absolute atomic E-state index is 0.0777. The first kappa shape index (κ1) is 13.8. The number of rotatable bonds is 1. The molecule has 0 aliphatic rings. The zero-order chi connectivity index (χ0) is 13.4. The molecule has 0 aromatic heterocycles. The van der Waals surface area contributed by atoms with Gasteiger partial charge in [0, 0.05) is 11.1 Å². The van der Waals surface area contributed by atoms with E-state index in [1.54, 1.807) is 6.07 Å². The largest absolute Gasteiger partial charge is 0.508 e. The molecular formula is C15H22O2. The van der Waals surface area contributed by atoms with Crippen molar-refractivity contribution in [1.29, 1.82) is 0 Å². The van der Waals surface area contributed by atoms with E-state index in [4.69, 9.17) is 0 Å². The summed E-state index contributed by atoms with van der Waals surface area (Å²) in [4.78, 5) is 11.2. The third-order valence-corrected chi connectivity index (χ3v) is 2.89. The van der Waals surface area contributed by atoms with E-state index in [1.807, 2.05) is 26.8 Å². The van der Waals surface area contributed by atoms with Crippen molar-refractivity contribution in [2.75, 3.05) is 0 Å². The molecule has 0 unspecified atom stereocenters.